The molecule has 0 radical (unpaired) electrons. The highest BCUT2D eigenvalue weighted by Gasteiger charge is 2.09. The molecule has 23 heavy (non-hydrogen) atoms. The number of anilines is 2. The quantitative estimate of drug-likeness (QED) is 0.774. The Bertz CT molecular complexity index is 853. The van der Waals surface area contributed by atoms with Crippen LogP contribution in [0.15, 0.2) is 42.7 Å². The van der Waals surface area contributed by atoms with Gasteiger partial charge in [0.25, 0.3) is 0 Å². The van der Waals surface area contributed by atoms with Crippen molar-refractivity contribution in [2.75, 3.05) is 10.6 Å². The van der Waals surface area contributed by atoms with Gasteiger partial charge in [0.1, 0.15) is 5.82 Å². The van der Waals surface area contributed by atoms with Crippen molar-refractivity contribution in [3.63, 3.8) is 0 Å². The molecule has 8 heteroatoms. The summed E-state index contributed by atoms with van der Waals surface area (Å²) in [5.41, 5.74) is 2.13. The number of hydrogen-bond donors (Lipinski definition) is 2. The Morgan fingerprint density at radius 2 is 2.04 bits per heavy atom. The van der Waals surface area contributed by atoms with Gasteiger partial charge in [-0.15, -0.1) is 0 Å². The lowest BCUT2D eigenvalue weighted by Crippen LogP contribution is -2.20. The molecule has 0 aliphatic heterocycles. The zero-order chi connectivity index (χ0) is 16.4. The summed E-state index contributed by atoms with van der Waals surface area (Å²) < 4.78 is 3.20. The van der Waals surface area contributed by atoms with Crippen LogP contribution in [0.2, 0.25) is 5.02 Å². The number of aromatic nitrogens is 4. The van der Waals surface area contributed by atoms with Gasteiger partial charge in [-0.3, -0.25) is 10.00 Å². The van der Waals surface area contributed by atoms with E-state index in [9.17, 15) is 4.79 Å². The molecular formula is C15H15ClN6O. The van der Waals surface area contributed by atoms with Crippen molar-refractivity contribution >= 4 is 29.1 Å². The van der Waals surface area contributed by atoms with Crippen LogP contribution in [-0.4, -0.2) is 25.6 Å². The van der Waals surface area contributed by atoms with Crippen molar-refractivity contribution in [2.45, 2.75) is 6.92 Å². The predicted molar refractivity (Wildman–Crippen MR) is 89.2 cm³/mol. The molecule has 2 aromatic heterocycles. The predicted octanol–water partition coefficient (Wildman–Crippen LogP) is 3.21. The number of nitrogens with one attached hydrogen (secondary N) is 2. The number of hydrogen-bond acceptors (Lipinski definition) is 3. The van der Waals surface area contributed by atoms with Crippen LogP contribution in [0, 0.1) is 6.92 Å². The molecule has 2 N–H and O–H groups in total. The second-order valence-corrected chi connectivity index (χ2v) is 5.41. The van der Waals surface area contributed by atoms with Gasteiger partial charge in [-0.2, -0.15) is 10.2 Å². The molecular weight excluding hydrogens is 316 g/mol. The molecule has 0 saturated carbocycles. The summed E-state index contributed by atoms with van der Waals surface area (Å²) in [6, 6.07) is 8.75. The smallest absolute Gasteiger partial charge is 0.305 e. The maximum absolute atomic E-state index is 12.0. The van der Waals surface area contributed by atoms with E-state index >= 15 is 0 Å². The lowest BCUT2D eigenvalue weighted by atomic mass is 10.3. The molecule has 0 saturated heterocycles. The summed E-state index contributed by atoms with van der Waals surface area (Å²) in [6.07, 6.45) is 3.24. The summed E-state index contributed by atoms with van der Waals surface area (Å²) in [6.45, 7) is 1.86. The molecule has 2 amide bonds. The van der Waals surface area contributed by atoms with Gasteiger partial charge in [0.15, 0.2) is 0 Å². The minimum atomic E-state index is -0.369. The van der Waals surface area contributed by atoms with E-state index in [0.717, 1.165) is 11.4 Å². The first kappa shape index (κ1) is 15.1. The topological polar surface area (TPSA) is 76.8 Å². The highest BCUT2D eigenvalue weighted by atomic mass is 35.5. The van der Waals surface area contributed by atoms with Gasteiger partial charge >= 0.3 is 6.03 Å². The highest BCUT2D eigenvalue weighted by molar-refractivity contribution is 6.32. The molecule has 7 nitrogen and oxygen atoms in total. The van der Waals surface area contributed by atoms with Gasteiger partial charge in [0, 0.05) is 13.1 Å². The van der Waals surface area contributed by atoms with E-state index in [1.165, 1.54) is 0 Å². The van der Waals surface area contributed by atoms with Crippen molar-refractivity contribution in [2.24, 2.45) is 7.05 Å². The van der Waals surface area contributed by atoms with E-state index in [1.807, 2.05) is 25.1 Å². The lowest BCUT2D eigenvalue weighted by molar-refractivity contribution is 0.262. The number of carbonyl (C=O) groups excluding carboxylic acids is 1. The van der Waals surface area contributed by atoms with Crippen LogP contribution in [0.5, 0.6) is 0 Å². The van der Waals surface area contributed by atoms with Gasteiger partial charge < -0.3 is 5.32 Å². The average Bonchev–Trinajstić information content (AvgIpc) is 3.06. The Balaban J connectivity index is 1.71. The molecule has 1 aromatic carbocycles. The maximum Gasteiger partial charge on any atom is 0.324 e. The third-order valence-corrected chi connectivity index (χ3v) is 3.50. The van der Waals surface area contributed by atoms with Gasteiger partial charge in [-0.25, -0.2) is 9.48 Å². The number of benzene rings is 1. The number of amides is 2. The minimum absolute atomic E-state index is 0.369. The van der Waals surface area contributed by atoms with Gasteiger partial charge in [0.05, 0.1) is 34.5 Å². The van der Waals surface area contributed by atoms with Gasteiger partial charge in [-0.1, -0.05) is 23.7 Å². The SMILES string of the molecule is Cc1cc(NC(=O)Nc2cnn(-c3ccccc3Cl)c2)n(C)n1. The first-order valence-corrected chi connectivity index (χ1v) is 7.29. The fourth-order valence-corrected chi connectivity index (χ4v) is 2.39. The molecule has 0 fully saturated rings. The minimum Gasteiger partial charge on any atom is -0.305 e. The van der Waals surface area contributed by atoms with Crippen LogP contribution in [-0.2, 0) is 7.05 Å². The largest absolute Gasteiger partial charge is 0.324 e. The highest BCUT2D eigenvalue weighted by Crippen LogP contribution is 2.20. The zero-order valence-corrected chi connectivity index (χ0v) is 13.4. The Kier molecular flexibility index (Phi) is 4.03. The van der Waals surface area contributed by atoms with Crippen LogP contribution in [0.25, 0.3) is 5.69 Å². The fourth-order valence-electron chi connectivity index (χ4n) is 2.16. The number of rotatable bonds is 3. The van der Waals surface area contributed by atoms with E-state index in [1.54, 1.807) is 40.9 Å². The fraction of sp³-hybridized carbons (Fsp3) is 0.133. The number of para-hydroxylation sites is 1. The Hall–Kier alpha value is -2.80. The van der Waals surface area contributed by atoms with E-state index in [0.29, 0.717) is 16.5 Å². The summed E-state index contributed by atoms with van der Waals surface area (Å²) in [4.78, 5) is 12.0. The van der Waals surface area contributed by atoms with Crippen LogP contribution < -0.4 is 10.6 Å². The monoisotopic (exact) mass is 330 g/mol. The second kappa shape index (κ2) is 6.13. The number of nitrogens with zero attached hydrogens (tertiary/aromatic N) is 4. The van der Waals surface area contributed by atoms with Crippen molar-refractivity contribution in [1.29, 1.82) is 0 Å². The third kappa shape index (κ3) is 3.35. The van der Waals surface area contributed by atoms with Crippen molar-refractivity contribution < 1.29 is 4.79 Å². The van der Waals surface area contributed by atoms with Gasteiger partial charge in [-0.05, 0) is 19.1 Å². The number of carbonyl (C=O) groups is 1. The third-order valence-electron chi connectivity index (χ3n) is 3.18. The van der Waals surface area contributed by atoms with Crippen LogP contribution >= 0.6 is 11.6 Å². The van der Waals surface area contributed by atoms with Crippen molar-refractivity contribution in [3.8, 4) is 5.69 Å². The second-order valence-electron chi connectivity index (χ2n) is 5.00. The summed E-state index contributed by atoms with van der Waals surface area (Å²) >= 11 is 6.13. The molecule has 3 rings (SSSR count). The summed E-state index contributed by atoms with van der Waals surface area (Å²) in [7, 11) is 1.76. The molecule has 2 heterocycles. The molecule has 0 bridgehead atoms. The van der Waals surface area contributed by atoms with E-state index in [-0.39, 0.29) is 6.03 Å². The molecule has 0 atom stereocenters. The average molecular weight is 331 g/mol. The van der Waals surface area contributed by atoms with Crippen LogP contribution in [0.3, 0.4) is 0 Å². The number of aryl methyl sites for hydroxylation is 2. The van der Waals surface area contributed by atoms with Crippen LogP contribution in [0.1, 0.15) is 5.69 Å². The van der Waals surface area contributed by atoms with E-state index in [2.05, 4.69) is 20.8 Å². The molecule has 3 aromatic rings. The summed E-state index contributed by atoms with van der Waals surface area (Å²) in [5, 5.41) is 14.4. The maximum atomic E-state index is 12.0. The number of urea groups is 1. The van der Waals surface area contributed by atoms with Gasteiger partial charge in [0.2, 0.25) is 0 Å². The first-order chi connectivity index (χ1) is 11.0. The summed E-state index contributed by atoms with van der Waals surface area (Å²) in [5.74, 6) is 0.610. The number of halogens is 1. The molecule has 0 spiro atoms. The molecule has 0 aliphatic rings. The lowest BCUT2D eigenvalue weighted by Gasteiger charge is -2.05. The normalized spacial score (nSPS) is 10.6. The molecule has 0 aliphatic carbocycles. The van der Waals surface area contributed by atoms with Crippen LogP contribution in [0.4, 0.5) is 16.3 Å². The zero-order valence-electron chi connectivity index (χ0n) is 12.6. The van der Waals surface area contributed by atoms with Crippen molar-refractivity contribution in [1.82, 2.24) is 19.6 Å². The Morgan fingerprint density at radius 1 is 1.26 bits per heavy atom. The molecule has 118 valence electrons. The van der Waals surface area contributed by atoms with E-state index < -0.39 is 0 Å². The molecule has 0 unspecified atom stereocenters. The first-order valence-electron chi connectivity index (χ1n) is 6.91. The Morgan fingerprint density at radius 3 is 2.74 bits per heavy atom. The van der Waals surface area contributed by atoms with Crippen molar-refractivity contribution in [3.05, 3.63) is 53.4 Å². The Labute approximate surface area is 137 Å². The standard InChI is InChI=1S/C15H15ClN6O/c1-10-7-14(21(2)20-10)19-15(23)18-11-8-17-22(9-11)13-6-4-3-5-12(13)16/h3-9H,1-2H3,(H2,18,19,23). The van der Waals surface area contributed by atoms with E-state index in [4.69, 9.17) is 11.6 Å².